The predicted octanol–water partition coefficient (Wildman–Crippen LogP) is 3.92. The molecule has 126 valence electrons. The first kappa shape index (κ1) is 16.8. The summed E-state index contributed by atoms with van der Waals surface area (Å²) < 4.78 is 12.5. The van der Waals surface area contributed by atoms with Gasteiger partial charge in [0.1, 0.15) is 5.69 Å². The van der Waals surface area contributed by atoms with Gasteiger partial charge in [-0.15, -0.1) is 0 Å². The number of carbonyl (C=O) groups is 1. The summed E-state index contributed by atoms with van der Waals surface area (Å²) in [5.74, 6) is 0.318. The second-order valence-electron chi connectivity index (χ2n) is 6.15. The lowest BCUT2D eigenvalue weighted by Gasteiger charge is -2.21. The first-order chi connectivity index (χ1) is 11.7. The fraction of sp³-hybridized carbons (Fsp3) is 0.368. The molecule has 0 spiro atoms. The van der Waals surface area contributed by atoms with E-state index in [2.05, 4.69) is 10.3 Å². The van der Waals surface area contributed by atoms with Gasteiger partial charge in [-0.05, 0) is 42.7 Å². The Morgan fingerprint density at radius 2 is 1.96 bits per heavy atom. The van der Waals surface area contributed by atoms with Gasteiger partial charge >= 0.3 is 0 Å². The fourth-order valence-corrected chi connectivity index (χ4v) is 4.64. The zero-order valence-electron chi connectivity index (χ0n) is 13.6. The molecule has 1 atom stereocenters. The molecule has 1 aromatic carbocycles. The highest BCUT2D eigenvalue weighted by molar-refractivity contribution is 7.84. The summed E-state index contributed by atoms with van der Waals surface area (Å²) >= 11 is 0. The minimum atomic E-state index is -0.839. The van der Waals surface area contributed by atoms with Crippen LogP contribution in [0.5, 0.6) is 0 Å². The van der Waals surface area contributed by atoms with Gasteiger partial charge in [-0.2, -0.15) is 0 Å². The standard InChI is InChI=1S/C19H22N2O2S/c22-19(18-11-4-5-12-20-18)21-16-8-6-7-15(13-16)14-24(23)17-9-2-1-3-10-17/h4-8,11-13,17H,1-3,9-10,14H2,(H,21,22)/t24-/m1/s1. The second kappa shape index (κ2) is 8.20. The van der Waals surface area contributed by atoms with Gasteiger partial charge in [0.2, 0.25) is 0 Å². The summed E-state index contributed by atoms with van der Waals surface area (Å²) in [5.41, 5.74) is 2.09. The first-order valence-corrected chi connectivity index (χ1v) is 9.79. The van der Waals surface area contributed by atoms with Gasteiger partial charge in [0, 0.05) is 33.7 Å². The lowest BCUT2D eigenvalue weighted by Crippen LogP contribution is -2.20. The maximum absolute atomic E-state index is 12.5. The molecule has 24 heavy (non-hydrogen) atoms. The van der Waals surface area contributed by atoms with Crippen molar-refractivity contribution in [2.24, 2.45) is 0 Å². The molecule has 1 heterocycles. The van der Waals surface area contributed by atoms with E-state index in [0.29, 0.717) is 22.4 Å². The van der Waals surface area contributed by atoms with Crippen molar-refractivity contribution in [3.63, 3.8) is 0 Å². The number of carbonyl (C=O) groups excluding carboxylic acids is 1. The van der Waals surface area contributed by atoms with Crippen molar-refractivity contribution in [2.45, 2.75) is 43.1 Å². The third-order valence-corrected chi connectivity index (χ3v) is 6.15. The highest BCUT2D eigenvalue weighted by Crippen LogP contribution is 2.24. The molecule has 1 fully saturated rings. The number of benzene rings is 1. The van der Waals surface area contributed by atoms with E-state index in [1.54, 1.807) is 24.4 Å². The van der Waals surface area contributed by atoms with Crippen LogP contribution in [0.2, 0.25) is 0 Å². The number of nitrogens with zero attached hydrogens (tertiary/aromatic N) is 1. The summed E-state index contributed by atoms with van der Waals surface area (Å²) in [6.45, 7) is 0. The lowest BCUT2D eigenvalue weighted by atomic mass is 10.0. The van der Waals surface area contributed by atoms with Gasteiger partial charge in [-0.1, -0.05) is 37.5 Å². The van der Waals surface area contributed by atoms with E-state index in [9.17, 15) is 9.00 Å². The molecule has 5 heteroatoms. The molecular weight excluding hydrogens is 320 g/mol. The van der Waals surface area contributed by atoms with Crippen LogP contribution in [0.4, 0.5) is 5.69 Å². The average Bonchev–Trinajstić information content (AvgIpc) is 2.63. The molecular formula is C19H22N2O2S. The van der Waals surface area contributed by atoms with Crippen LogP contribution < -0.4 is 5.32 Å². The maximum atomic E-state index is 12.5. The van der Waals surface area contributed by atoms with Crippen LogP contribution >= 0.6 is 0 Å². The Kier molecular flexibility index (Phi) is 5.75. The molecule has 0 unspecified atom stereocenters. The van der Waals surface area contributed by atoms with Crippen molar-refractivity contribution in [3.8, 4) is 0 Å². The fourth-order valence-electron chi connectivity index (χ4n) is 3.04. The smallest absolute Gasteiger partial charge is 0.274 e. The summed E-state index contributed by atoms with van der Waals surface area (Å²) in [7, 11) is -0.839. The molecule has 0 saturated heterocycles. The summed E-state index contributed by atoms with van der Waals surface area (Å²) in [6, 6.07) is 12.8. The lowest BCUT2D eigenvalue weighted by molar-refractivity contribution is 0.102. The Morgan fingerprint density at radius 1 is 1.12 bits per heavy atom. The predicted molar refractivity (Wildman–Crippen MR) is 97.4 cm³/mol. The zero-order chi connectivity index (χ0) is 16.8. The number of hydrogen-bond donors (Lipinski definition) is 1. The average molecular weight is 342 g/mol. The normalized spacial score (nSPS) is 16.5. The quantitative estimate of drug-likeness (QED) is 0.896. The van der Waals surface area contributed by atoms with E-state index in [0.717, 1.165) is 18.4 Å². The summed E-state index contributed by atoms with van der Waals surface area (Å²) in [6.07, 6.45) is 7.39. The van der Waals surface area contributed by atoms with Gasteiger partial charge in [0.15, 0.2) is 0 Å². The Bertz CT molecular complexity index is 712. The van der Waals surface area contributed by atoms with Crippen molar-refractivity contribution in [1.29, 1.82) is 0 Å². The SMILES string of the molecule is O=C(Nc1cccc(C[S@@](=O)C2CCCCC2)c1)c1ccccn1. The van der Waals surface area contributed by atoms with Crippen LogP contribution in [0.1, 0.15) is 48.2 Å². The topological polar surface area (TPSA) is 59.1 Å². The van der Waals surface area contributed by atoms with Crippen molar-refractivity contribution in [1.82, 2.24) is 4.98 Å². The highest BCUT2D eigenvalue weighted by atomic mass is 32.2. The monoisotopic (exact) mass is 342 g/mol. The summed E-state index contributed by atoms with van der Waals surface area (Å²) in [5, 5.41) is 3.18. The van der Waals surface area contributed by atoms with Gasteiger partial charge in [0.25, 0.3) is 5.91 Å². The van der Waals surface area contributed by atoms with Crippen LogP contribution in [0.3, 0.4) is 0 Å². The van der Waals surface area contributed by atoms with Crippen LogP contribution in [-0.4, -0.2) is 20.3 Å². The number of anilines is 1. The molecule has 0 radical (unpaired) electrons. The van der Waals surface area contributed by atoms with Gasteiger partial charge in [-0.3, -0.25) is 14.0 Å². The van der Waals surface area contributed by atoms with Crippen LogP contribution in [-0.2, 0) is 16.6 Å². The van der Waals surface area contributed by atoms with Crippen molar-refractivity contribution in [3.05, 3.63) is 59.9 Å². The van der Waals surface area contributed by atoms with E-state index in [4.69, 9.17) is 0 Å². The molecule has 1 aliphatic carbocycles. The minimum Gasteiger partial charge on any atom is -0.321 e. The maximum Gasteiger partial charge on any atom is 0.274 e. The molecule has 1 saturated carbocycles. The number of pyridine rings is 1. The molecule has 0 aliphatic heterocycles. The largest absolute Gasteiger partial charge is 0.321 e. The second-order valence-corrected chi connectivity index (χ2v) is 7.87. The molecule has 3 rings (SSSR count). The molecule has 1 aliphatic rings. The number of hydrogen-bond acceptors (Lipinski definition) is 3. The molecule has 1 amide bonds. The Labute approximate surface area is 145 Å². The number of rotatable bonds is 5. The number of amides is 1. The third kappa shape index (κ3) is 4.51. The number of nitrogens with one attached hydrogen (secondary N) is 1. The van der Waals surface area contributed by atoms with Crippen LogP contribution in [0.15, 0.2) is 48.7 Å². The van der Waals surface area contributed by atoms with E-state index in [-0.39, 0.29) is 5.91 Å². The Hall–Kier alpha value is -2.01. The molecule has 4 nitrogen and oxygen atoms in total. The van der Waals surface area contributed by atoms with E-state index < -0.39 is 10.8 Å². The van der Waals surface area contributed by atoms with Crippen molar-refractivity contribution < 1.29 is 9.00 Å². The molecule has 2 aromatic rings. The third-order valence-electron chi connectivity index (χ3n) is 4.32. The Balaban J connectivity index is 1.63. The minimum absolute atomic E-state index is 0.235. The highest BCUT2D eigenvalue weighted by Gasteiger charge is 2.20. The van der Waals surface area contributed by atoms with Gasteiger partial charge < -0.3 is 5.32 Å². The van der Waals surface area contributed by atoms with Crippen molar-refractivity contribution >= 4 is 22.4 Å². The molecule has 0 bridgehead atoms. The van der Waals surface area contributed by atoms with Gasteiger partial charge in [-0.25, -0.2) is 0 Å². The Morgan fingerprint density at radius 3 is 2.71 bits per heavy atom. The van der Waals surface area contributed by atoms with E-state index in [1.165, 1.54) is 19.3 Å². The van der Waals surface area contributed by atoms with Crippen molar-refractivity contribution in [2.75, 3.05) is 5.32 Å². The van der Waals surface area contributed by atoms with E-state index >= 15 is 0 Å². The van der Waals surface area contributed by atoms with Gasteiger partial charge in [0.05, 0.1) is 0 Å². The first-order valence-electron chi connectivity index (χ1n) is 8.41. The van der Waals surface area contributed by atoms with Crippen LogP contribution in [0.25, 0.3) is 0 Å². The van der Waals surface area contributed by atoms with E-state index in [1.807, 2.05) is 24.3 Å². The van der Waals surface area contributed by atoms with Crippen LogP contribution in [0, 0.1) is 0 Å². The molecule has 1 N–H and O–H groups in total. The zero-order valence-corrected chi connectivity index (χ0v) is 14.4. The number of aromatic nitrogens is 1. The molecule has 1 aromatic heterocycles. The summed E-state index contributed by atoms with van der Waals surface area (Å²) in [4.78, 5) is 16.2.